The highest BCUT2D eigenvalue weighted by molar-refractivity contribution is 7.84. The molecule has 1 unspecified atom stereocenters. The van der Waals surface area contributed by atoms with Crippen LogP contribution >= 0.6 is 0 Å². The molecule has 1 heterocycles. The highest BCUT2D eigenvalue weighted by Gasteiger charge is 2.10. The average Bonchev–Trinajstić information content (AvgIpc) is 3.03. The number of carbonyl (C=O) groups is 1. The van der Waals surface area contributed by atoms with Crippen LogP contribution in [0.1, 0.15) is 16.1 Å². The molecule has 5 nitrogen and oxygen atoms in total. The van der Waals surface area contributed by atoms with Crippen molar-refractivity contribution in [2.75, 3.05) is 13.4 Å². The van der Waals surface area contributed by atoms with Crippen LogP contribution in [-0.4, -0.2) is 28.5 Å². The minimum atomic E-state index is -0.994. The van der Waals surface area contributed by atoms with Gasteiger partial charge >= 0.3 is 0 Å². The van der Waals surface area contributed by atoms with Crippen LogP contribution in [0.15, 0.2) is 53.4 Å². The predicted octanol–water partition coefficient (Wildman–Crippen LogP) is 2.84. The molecule has 0 saturated carbocycles. The Labute approximate surface area is 142 Å². The Bertz CT molecular complexity index is 900. The number of rotatable bonds is 5. The van der Waals surface area contributed by atoms with Crippen molar-refractivity contribution >= 4 is 27.6 Å². The summed E-state index contributed by atoms with van der Waals surface area (Å²) in [6.07, 6.45) is 1.64. The Morgan fingerprint density at radius 3 is 2.58 bits per heavy atom. The first-order valence-electron chi connectivity index (χ1n) is 7.44. The largest absolute Gasteiger partial charge is 0.497 e. The maximum absolute atomic E-state index is 12.3. The molecule has 0 saturated heterocycles. The first kappa shape index (κ1) is 16.3. The molecule has 0 fully saturated rings. The summed E-state index contributed by atoms with van der Waals surface area (Å²) in [5.74, 6) is 0.579. The van der Waals surface area contributed by atoms with Crippen LogP contribution in [0.2, 0.25) is 0 Å². The molecule has 2 aromatic carbocycles. The highest BCUT2D eigenvalue weighted by Crippen LogP contribution is 2.21. The molecule has 0 radical (unpaired) electrons. The number of fused-ring (bicyclic) bond motifs is 1. The summed E-state index contributed by atoms with van der Waals surface area (Å²) in [6, 6.07) is 14.8. The molecule has 0 aliphatic carbocycles. The third-order valence-corrected chi connectivity index (χ3v) is 4.72. The van der Waals surface area contributed by atoms with Crippen molar-refractivity contribution < 1.29 is 13.7 Å². The molecule has 0 aliphatic rings. The second-order valence-electron chi connectivity index (χ2n) is 5.42. The van der Waals surface area contributed by atoms with E-state index in [1.54, 1.807) is 19.4 Å². The number of amides is 1. The lowest BCUT2D eigenvalue weighted by Gasteiger charge is -2.05. The smallest absolute Gasteiger partial charge is 0.267 e. The van der Waals surface area contributed by atoms with Gasteiger partial charge < -0.3 is 15.0 Å². The topological polar surface area (TPSA) is 71.2 Å². The monoisotopic (exact) mass is 342 g/mol. The highest BCUT2D eigenvalue weighted by atomic mass is 32.2. The zero-order chi connectivity index (χ0) is 17.1. The standard InChI is InChI=1S/C18H18N2O3S/c1-23-14-5-8-16-13(9-14)10-17(20-16)18(21)19-11-12-3-6-15(7-4-12)24(2)22/h3-10,20H,11H2,1-2H3,(H,19,21). The Morgan fingerprint density at radius 1 is 1.17 bits per heavy atom. The number of carbonyl (C=O) groups excluding carboxylic acids is 1. The minimum absolute atomic E-state index is 0.173. The van der Waals surface area contributed by atoms with Crippen LogP contribution in [0, 0.1) is 0 Å². The van der Waals surface area contributed by atoms with Crippen molar-refractivity contribution in [1.82, 2.24) is 10.3 Å². The normalized spacial score (nSPS) is 12.1. The lowest BCUT2D eigenvalue weighted by atomic mass is 10.2. The lowest BCUT2D eigenvalue weighted by molar-refractivity contribution is 0.0946. The molecule has 3 aromatic rings. The van der Waals surface area contributed by atoms with Gasteiger partial charge in [-0.15, -0.1) is 0 Å². The van der Waals surface area contributed by atoms with Crippen LogP contribution in [0.4, 0.5) is 0 Å². The van der Waals surface area contributed by atoms with Crippen molar-refractivity contribution in [2.45, 2.75) is 11.4 Å². The molecule has 1 amide bonds. The maximum Gasteiger partial charge on any atom is 0.267 e. The number of benzene rings is 2. The molecular weight excluding hydrogens is 324 g/mol. The van der Waals surface area contributed by atoms with E-state index in [4.69, 9.17) is 4.74 Å². The van der Waals surface area contributed by atoms with Gasteiger partial charge in [0.1, 0.15) is 11.4 Å². The second kappa shape index (κ2) is 6.88. The van der Waals surface area contributed by atoms with Gasteiger partial charge in [0.2, 0.25) is 0 Å². The minimum Gasteiger partial charge on any atom is -0.497 e. The zero-order valence-corrected chi connectivity index (χ0v) is 14.3. The van der Waals surface area contributed by atoms with Gasteiger partial charge in [-0.25, -0.2) is 0 Å². The van der Waals surface area contributed by atoms with Crippen LogP contribution in [0.25, 0.3) is 10.9 Å². The lowest BCUT2D eigenvalue weighted by Crippen LogP contribution is -2.23. The van der Waals surface area contributed by atoms with Crippen LogP contribution < -0.4 is 10.1 Å². The summed E-state index contributed by atoms with van der Waals surface area (Å²) in [5.41, 5.74) is 2.34. The van der Waals surface area contributed by atoms with E-state index in [1.165, 1.54) is 0 Å². The first-order valence-corrected chi connectivity index (χ1v) is 9.00. The van der Waals surface area contributed by atoms with E-state index in [-0.39, 0.29) is 5.91 Å². The van der Waals surface area contributed by atoms with Gasteiger partial charge in [-0.05, 0) is 42.0 Å². The molecule has 0 spiro atoms. The van der Waals surface area contributed by atoms with Gasteiger partial charge in [-0.3, -0.25) is 9.00 Å². The average molecular weight is 342 g/mol. The van der Waals surface area contributed by atoms with Crippen LogP contribution in [0.3, 0.4) is 0 Å². The first-order chi connectivity index (χ1) is 11.6. The quantitative estimate of drug-likeness (QED) is 0.749. The molecule has 6 heteroatoms. The molecule has 3 rings (SSSR count). The molecule has 24 heavy (non-hydrogen) atoms. The van der Waals surface area contributed by atoms with Crippen LogP contribution in [-0.2, 0) is 17.3 Å². The summed E-state index contributed by atoms with van der Waals surface area (Å²) < 4.78 is 16.6. The SMILES string of the molecule is COc1ccc2[nH]c(C(=O)NCc3ccc(S(C)=O)cc3)cc2c1. The molecule has 1 aromatic heterocycles. The summed E-state index contributed by atoms with van der Waals surface area (Å²) in [6.45, 7) is 0.411. The molecule has 0 aliphatic heterocycles. The molecular formula is C18H18N2O3S. The third kappa shape index (κ3) is 3.49. The fraction of sp³-hybridized carbons (Fsp3) is 0.167. The Hall–Kier alpha value is -2.60. The number of hydrogen-bond acceptors (Lipinski definition) is 3. The zero-order valence-electron chi connectivity index (χ0n) is 13.5. The number of aromatic nitrogens is 1. The van der Waals surface area contributed by atoms with Crippen molar-refractivity contribution in [3.8, 4) is 5.75 Å². The molecule has 1 atom stereocenters. The predicted molar refractivity (Wildman–Crippen MR) is 94.8 cm³/mol. The van der Waals surface area contributed by atoms with E-state index in [9.17, 15) is 9.00 Å². The van der Waals surface area contributed by atoms with Gasteiger partial charge in [0.25, 0.3) is 5.91 Å². The third-order valence-electron chi connectivity index (χ3n) is 3.78. The van der Waals surface area contributed by atoms with Crippen molar-refractivity contribution in [1.29, 1.82) is 0 Å². The van der Waals surface area contributed by atoms with Gasteiger partial charge in [0.15, 0.2) is 0 Å². The van der Waals surface area contributed by atoms with E-state index >= 15 is 0 Å². The van der Waals surface area contributed by atoms with Gasteiger partial charge in [-0.1, -0.05) is 12.1 Å². The fourth-order valence-electron chi connectivity index (χ4n) is 2.44. The van der Waals surface area contributed by atoms with E-state index in [2.05, 4.69) is 10.3 Å². The van der Waals surface area contributed by atoms with Crippen molar-refractivity contribution in [3.63, 3.8) is 0 Å². The number of hydrogen-bond donors (Lipinski definition) is 2. The van der Waals surface area contributed by atoms with E-state index in [0.717, 1.165) is 27.1 Å². The number of methoxy groups -OCH3 is 1. The number of nitrogens with one attached hydrogen (secondary N) is 2. The van der Waals surface area contributed by atoms with E-state index < -0.39 is 10.8 Å². The molecule has 2 N–H and O–H groups in total. The second-order valence-corrected chi connectivity index (χ2v) is 6.80. The summed E-state index contributed by atoms with van der Waals surface area (Å²) in [4.78, 5) is 16.2. The maximum atomic E-state index is 12.3. The van der Waals surface area contributed by atoms with E-state index in [1.807, 2.05) is 42.5 Å². The number of aromatic amines is 1. The van der Waals surface area contributed by atoms with Gasteiger partial charge in [0.05, 0.1) is 7.11 Å². The number of ether oxygens (including phenoxy) is 1. The van der Waals surface area contributed by atoms with E-state index in [0.29, 0.717) is 12.2 Å². The Kier molecular flexibility index (Phi) is 4.66. The summed E-state index contributed by atoms with van der Waals surface area (Å²) >= 11 is 0. The van der Waals surface area contributed by atoms with Crippen molar-refractivity contribution in [3.05, 3.63) is 59.8 Å². The Morgan fingerprint density at radius 2 is 1.92 bits per heavy atom. The van der Waals surface area contributed by atoms with Gasteiger partial charge in [-0.2, -0.15) is 0 Å². The summed E-state index contributed by atoms with van der Waals surface area (Å²) in [7, 11) is 0.618. The Balaban J connectivity index is 1.69. The molecule has 124 valence electrons. The fourth-order valence-corrected chi connectivity index (χ4v) is 2.96. The molecule has 0 bridgehead atoms. The van der Waals surface area contributed by atoms with Crippen molar-refractivity contribution in [2.24, 2.45) is 0 Å². The van der Waals surface area contributed by atoms with Crippen LogP contribution in [0.5, 0.6) is 5.75 Å². The number of H-pyrrole nitrogens is 1. The van der Waals surface area contributed by atoms with Gasteiger partial charge in [0, 0.05) is 39.4 Å². The summed E-state index contributed by atoms with van der Waals surface area (Å²) in [5, 5.41) is 3.80.